The van der Waals surface area contributed by atoms with Crippen LogP contribution in [0.3, 0.4) is 0 Å². The van der Waals surface area contributed by atoms with E-state index in [1.54, 1.807) is 13.0 Å². The summed E-state index contributed by atoms with van der Waals surface area (Å²) in [6.45, 7) is 8.94. The van der Waals surface area contributed by atoms with Gasteiger partial charge < -0.3 is 20.4 Å². The maximum Gasteiger partial charge on any atom is 0.232 e. The van der Waals surface area contributed by atoms with E-state index in [1.165, 1.54) is 10.7 Å². The van der Waals surface area contributed by atoms with Gasteiger partial charge in [0.05, 0.1) is 34.2 Å². The first-order valence-electron chi connectivity index (χ1n) is 14.0. The van der Waals surface area contributed by atoms with E-state index in [-0.39, 0.29) is 17.9 Å². The zero-order valence-corrected chi connectivity index (χ0v) is 23.9. The van der Waals surface area contributed by atoms with Gasteiger partial charge in [-0.2, -0.15) is 30.1 Å². The number of hydrogen-bond acceptors (Lipinski definition) is 10. The van der Waals surface area contributed by atoms with Crippen LogP contribution < -0.4 is 15.5 Å². The van der Waals surface area contributed by atoms with Crippen molar-refractivity contribution in [2.75, 3.05) is 54.8 Å². The number of nitrogens with one attached hydrogen (secondary N) is 2. The Kier molecular flexibility index (Phi) is 7.28. The Bertz CT molecular complexity index is 1570. The standard InChI is InChI=1S/C28H32ClN11O/c1-17-14-37(15-19-5-6-38(16-19)18(2)41)7-8-39(17)24-10-20(11-30)9-23(25(24)29)34-27-35-26-21(12-31)13-32-40(26)28(36-27)33-22-3-4-22/h9-10,13,17,19,22H,3-8,14-16H2,1-2H3,(H2,33,34,35,36)/t17-,19-/m0/s1. The highest BCUT2D eigenvalue weighted by Gasteiger charge is 2.31. The van der Waals surface area contributed by atoms with Crippen LogP contribution in [-0.4, -0.2) is 86.6 Å². The summed E-state index contributed by atoms with van der Waals surface area (Å²) in [5.74, 6) is 1.40. The summed E-state index contributed by atoms with van der Waals surface area (Å²) in [4.78, 5) is 27.6. The third-order valence-corrected chi connectivity index (χ3v) is 8.49. The minimum Gasteiger partial charge on any atom is -0.365 e. The lowest BCUT2D eigenvalue weighted by Crippen LogP contribution is -2.53. The molecule has 2 N–H and O–H groups in total. The van der Waals surface area contributed by atoms with Crippen LogP contribution in [0.25, 0.3) is 5.65 Å². The zero-order valence-electron chi connectivity index (χ0n) is 23.1. The first-order valence-corrected chi connectivity index (χ1v) is 14.4. The summed E-state index contributed by atoms with van der Waals surface area (Å²) in [7, 11) is 0. The van der Waals surface area contributed by atoms with Crippen LogP contribution in [-0.2, 0) is 4.79 Å². The smallest absolute Gasteiger partial charge is 0.232 e. The fourth-order valence-electron chi connectivity index (χ4n) is 5.80. The van der Waals surface area contributed by atoms with Gasteiger partial charge in [-0.3, -0.25) is 9.69 Å². The summed E-state index contributed by atoms with van der Waals surface area (Å²) in [6.07, 6.45) is 4.60. The summed E-state index contributed by atoms with van der Waals surface area (Å²) in [5.41, 5.74) is 2.50. The number of benzene rings is 1. The second kappa shape index (κ2) is 11.0. The number of hydrogen-bond donors (Lipinski definition) is 2. The van der Waals surface area contributed by atoms with Gasteiger partial charge in [0.2, 0.25) is 17.8 Å². The van der Waals surface area contributed by atoms with Crippen LogP contribution >= 0.6 is 11.6 Å². The second-order valence-corrected chi connectivity index (χ2v) is 11.6. The van der Waals surface area contributed by atoms with Gasteiger partial charge in [-0.25, -0.2) is 0 Å². The van der Waals surface area contributed by atoms with Gasteiger partial charge in [0.25, 0.3) is 0 Å². The molecule has 212 valence electrons. The molecule has 13 heteroatoms. The van der Waals surface area contributed by atoms with Gasteiger partial charge in [0.1, 0.15) is 11.6 Å². The molecule has 4 heterocycles. The monoisotopic (exact) mass is 573 g/mol. The molecule has 2 atom stereocenters. The Morgan fingerprint density at radius 2 is 1.95 bits per heavy atom. The number of aromatic nitrogens is 4. The van der Waals surface area contributed by atoms with Gasteiger partial charge in [-0.05, 0) is 44.2 Å². The lowest BCUT2D eigenvalue weighted by atomic mass is 10.1. The second-order valence-electron chi connectivity index (χ2n) is 11.2. The average molecular weight is 574 g/mol. The topological polar surface area (TPSA) is 142 Å². The van der Waals surface area contributed by atoms with Crippen molar-refractivity contribution in [3.05, 3.63) is 34.5 Å². The van der Waals surface area contributed by atoms with E-state index in [0.29, 0.717) is 45.4 Å². The number of carbonyl (C=O) groups is 1. The molecule has 0 radical (unpaired) electrons. The Morgan fingerprint density at radius 1 is 1.12 bits per heavy atom. The fraction of sp³-hybridized carbons (Fsp3) is 0.500. The predicted octanol–water partition coefficient (Wildman–Crippen LogP) is 3.22. The molecule has 1 aliphatic carbocycles. The first kappa shape index (κ1) is 27.1. The van der Waals surface area contributed by atoms with Crippen LogP contribution in [0.2, 0.25) is 5.02 Å². The highest BCUT2D eigenvalue weighted by molar-refractivity contribution is 6.36. The molecule has 2 aliphatic heterocycles. The maximum absolute atomic E-state index is 11.7. The molecule has 1 saturated carbocycles. The third-order valence-electron chi connectivity index (χ3n) is 8.10. The number of likely N-dealkylation sites (tertiary alicyclic amines) is 1. The number of amides is 1. The number of halogens is 1. The van der Waals surface area contributed by atoms with Crippen LogP contribution in [0.1, 0.15) is 44.2 Å². The minimum absolute atomic E-state index is 0.151. The number of piperazine rings is 1. The van der Waals surface area contributed by atoms with Gasteiger partial charge in [0, 0.05) is 58.3 Å². The van der Waals surface area contributed by atoms with Crippen molar-refractivity contribution >= 4 is 46.4 Å². The molecule has 2 aromatic heterocycles. The number of carbonyl (C=O) groups excluding carboxylic acids is 1. The van der Waals surface area contributed by atoms with E-state index < -0.39 is 0 Å². The van der Waals surface area contributed by atoms with Crippen LogP contribution in [0.4, 0.5) is 23.3 Å². The lowest BCUT2D eigenvalue weighted by molar-refractivity contribution is -0.127. The number of fused-ring (bicyclic) bond motifs is 1. The van der Waals surface area contributed by atoms with E-state index in [0.717, 1.165) is 64.2 Å². The molecule has 0 bridgehead atoms. The molecular weight excluding hydrogens is 542 g/mol. The van der Waals surface area contributed by atoms with Gasteiger partial charge in [-0.1, -0.05) is 11.6 Å². The van der Waals surface area contributed by atoms with E-state index in [2.05, 4.69) is 54.6 Å². The van der Waals surface area contributed by atoms with Gasteiger partial charge in [-0.15, -0.1) is 0 Å². The maximum atomic E-state index is 11.7. The number of nitrogens with zero attached hydrogens (tertiary/aromatic N) is 9. The first-order chi connectivity index (χ1) is 19.8. The van der Waals surface area contributed by atoms with E-state index in [9.17, 15) is 15.3 Å². The quantitative estimate of drug-likeness (QED) is 0.432. The molecule has 0 unspecified atom stereocenters. The third kappa shape index (κ3) is 5.58. The number of rotatable bonds is 7. The molecule has 3 aliphatic rings. The molecule has 1 amide bonds. The molecule has 2 saturated heterocycles. The summed E-state index contributed by atoms with van der Waals surface area (Å²) in [5, 5.41) is 30.7. The van der Waals surface area contributed by atoms with Crippen molar-refractivity contribution in [3.8, 4) is 12.1 Å². The Hall–Kier alpha value is -4.13. The molecule has 3 aromatic rings. The average Bonchev–Trinajstić information content (AvgIpc) is 3.47. The van der Waals surface area contributed by atoms with Crippen LogP contribution in [0, 0.1) is 28.6 Å². The molecule has 6 rings (SSSR count). The Labute approximate surface area is 243 Å². The Morgan fingerprint density at radius 3 is 2.63 bits per heavy atom. The highest BCUT2D eigenvalue weighted by Crippen LogP contribution is 2.38. The summed E-state index contributed by atoms with van der Waals surface area (Å²) >= 11 is 6.99. The van der Waals surface area contributed by atoms with E-state index >= 15 is 0 Å². The molecular formula is C28H32ClN11O. The SMILES string of the molecule is CC(=O)N1CC[C@@H](CN2CCN(c3cc(C#N)cc(Nc4nc(NC5CC5)n5ncc(C#N)c5n4)c3Cl)[C@@H](C)C2)C1. The highest BCUT2D eigenvalue weighted by atomic mass is 35.5. The van der Waals surface area contributed by atoms with E-state index in [4.69, 9.17) is 11.6 Å². The van der Waals surface area contributed by atoms with Gasteiger partial charge in [0.15, 0.2) is 5.65 Å². The number of anilines is 4. The van der Waals surface area contributed by atoms with Crippen molar-refractivity contribution < 1.29 is 4.79 Å². The summed E-state index contributed by atoms with van der Waals surface area (Å²) in [6, 6.07) is 8.39. The minimum atomic E-state index is 0.151. The van der Waals surface area contributed by atoms with Crippen molar-refractivity contribution in [2.45, 2.75) is 45.2 Å². The molecule has 41 heavy (non-hydrogen) atoms. The molecule has 1 aromatic carbocycles. The normalized spacial score (nSPS) is 21.1. The number of nitriles is 2. The van der Waals surface area contributed by atoms with Gasteiger partial charge >= 0.3 is 0 Å². The van der Waals surface area contributed by atoms with E-state index in [1.807, 2.05) is 11.0 Å². The predicted molar refractivity (Wildman–Crippen MR) is 155 cm³/mol. The molecule has 12 nitrogen and oxygen atoms in total. The largest absolute Gasteiger partial charge is 0.365 e. The van der Waals surface area contributed by atoms with Crippen molar-refractivity contribution in [3.63, 3.8) is 0 Å². The van der Waals surface area contributed by atoms with Crippen molar-refractivity contribution in [1.82, 2.24) is 29.4 Å². The Balaban J connectivity index is 1.23. The van der Waals surface area contributed by atoms with Crippen molar-refractivity contribution in [1.29, 1.82) is 10.5 Å². The van der Waals surface area contributed by atoms with Crippen LogP contribution in [0.15, 0.2) is 18.3 Å². The fourth-order valence-corrected chi connectivity index (χ4v) is 6.06. The van der Waals surface area contributed by atoms with Crippen molar-refractivity contribution in [2.24, 2.45) is 5.92 Å². The molecule has 0 spiro atoms. The lowest BCUT2D eigenvalue weighted by Gasteiger charge is -2.42. The molecule has 3 fully saturated rings. The summed E-state index contributed by atoms with van der Waals surface area (Å²) < 4.78 is 1.53. The zero-order chi connectivity index (χ0) is 28.7. The van der Waals surface area contributed by atoms with Crippen LogP contribution in [0.5, 0.6) is 0 Å².